The van der Waals surface area contributed by atoms with E-state index in [1.807, 2.05) is 0 Å². The van der Waals surface area contributed by atoms with Crippen LogP contribution in [0.4, 0.5) is 0 Å². The Morgan fingerprint density at radius 3 is 2.84 bits per heavy atom. The molecule has 2 aromatic rings. The summed E-state index contributed by atoms with van der Waals surface area (Å²) in [5, 5.41) is 0.765. The Hall–Kier alpha value is -1.44. The highest BCUT2D eigenvalue weighted by atomic mass is 35.5. The first-order valence-electron chi connectivity index (χ1n) is 5.49. The summed E-state index contributed by atoms with van der Waals surface area (Å²) >= 11 is 5.94. The third kappa shape index (κ3) is 2.94. The van der Waals surface area contributed by atoms with Crippen LogP contribution in [0.5, 0.6) is 0 Å². The number of nitrogens with zero attached hydrogens (tertiary/aromatic N) is 2. The zero-order valence-corrected chi connectivity index (χ0v) is 11.7. The van der Waals surface area contributed by atoms with Crippen LogP contribution in [0, 0.1) is 0 Å². The Kier molecular flexibility index (Phi) is 3.88. The normalized spacial score (nSPS) is 11.9. The lowest BCUT2D eigenvalue weighted by Crippen LogP contribution is -2.29. The van der Waals surface area contributed by atoms with Gasteiger partial charge in [-0.25, -0.2) is 18.1 Å². The van der Waals surface area contributed by atoms with E-state index >= 15 is 0 Å². The highest BCUT2D eigenvalue weighted by molar-refractivity contribution is 7.89. The highest BCUT2D eigenvalue weighted by Gasteiger charge is 2.10. The molecule has 102 valence electrons. The third-order valence-electron chi connectivity index (χ3n) is 2.72. The van der Waals surface area contributed by atoms with Crippen molar-refractivity contribution in [2.75, 3.05) is 12.8 Å². The standard InChI is InChI=1S/C11H12ClN3O3S/c1-13-19(17,18)6-5-15-7-14-10-8(11(15)16)3-2-4-9(10)12/h2-4,7,13H,5-6H2,1H3. The van der Waals surface area contributed by atoms with Gasteiger partial charge in [0.2, 0.25) is 10.0 Å². The minimum atomic E-state index is -3.36. The van der Waals surface area contributed by atoms with Gasteiger partial charge in [0.05, 0.1) is 28.0 Å². The summed E-state index contributed by atoms with van der Waals surface area (Å²) in [5.74, 6) is -0.183. The summed E-state index contributed by atoms with van der Waals surface area (Å²) < 4.78 is 26.1. The average molecular weight is 302 g/mol. The number of fused-ring (bicyclic) bond motifs is 1. The largest absolute Gasteiger partial charge is 0.298 e. The van der Waals surface area contributed by atoms with Crippen LogP contribution in [-0.2, 0) is 16.6 Å². The fraction of sp³-hybridized carbons (Fsp3) is 0.273. The van der Waals surface area contributed by atoms with Gasteiger partial charge in [0.25, 0.3) is 5.56 Å². The zero-order valence-electron chi connectivity index (χ0n) is 10.1. The molecule has 1 heterocycles. The van der Waals surface area contributed by atoms with Gasteiger partial charge in [-0.1, -0.05) is 17.7 Å². The Morgan fingerprint density at radius 1 is 1.42 bits per heavy atom. The number of aryl methyl sites for hydroxylation is 1. The summed E-state index contributed by atoms with van der Waals surface area (Å²) in [6.45, 7) is 0.0391. The highest BCUT2D eigenvalue weighted by Crippen LogP contribution is 2.17. The molecule has 0 saturated heterocycles. The summed E-state index contributed by atoms with van der Waals surface area (Å²) in [7, 11) is -2.03. The molecular formula is C11H12ClN3O3S. The summed E-state index contributed by atoms with van der Waals surface area (Å²) in [4.78, 5) is 16.2. The molecule has 0 amide bonds. The third-order valence-corrected chi connectivity index (χ3v) is 4.36. The van der Waals surface area contributed by atoms with E-state index in [1.165, 1.54) is 17.9 Å². The van der Waals surface area contributed by atoms with Gasteiger partial charge in [-0.05, 0) is 19.2 Å². The van der Waals surface area contributed by atoms with Gasteiger partial charge in [0.1, 0.15) is 0 Å². The maximum absolute atomic E-state index is 12.1. The van der Waals surface area contributed by atoms with Crippen LogP contribution >= 0.6 is 11.6 Å². The van der Waals surface area contributed by atoms with Crippen molar-refractivity contribution in [3.8, 4) is 0 Å². The summed E-state index contributed by atoms with van der Waals surface area (Å²) in [6, 6.07) is 4.91. The predicted molar refractivity (Wildman–Crippen MR) is 73.9 cm³/mol. The van der Waals surface area contributed by atoms with E-state index in [9.17, 15) is 13.2 Å². The first-order chi connectivity index (χ1) is 8.94. The number of para-hydroxylation sites is 1. The molecule has 1 N–H and O–H groups in total. The fourth-order valence-corrected chi connectivity index (χ4v) is 2.50. The van der Waals surface area contributed by atoms with Gasteiger partial charge in [0, 0.05) is 6.54 Å². The minimum absolute atomic E-state index is 0.0391. The minimum Gasteiger partial charge on any atom is -0.298 e. The Labute approximate surface area is 115 Å². The predicted octanol–water partition coefficient (Wildman–Crippen LogP) is 0.599. The van der Waals surface area contributed by atoms with Crippen LogP contribution in [0.15, 0.2) is 29.3 Å². The van der Waals surface area contributed by atoms with E-state index in [2.05, 4.69) is 9.71 Å². The lowest BCUT2D eigenvalue weighted by molar-refractivity contribution is 0.579. The van der Waals surface area contributed by atoms with Crippen molar-refractivity contribution in [2.45, 2.75) is 6.54 Å². The maximum atomic E-state index is 12.1. The number of hydrogen-bond acceptors (Lipinski definition) is 4. The number of hydrogen-bond donors (Lipinski definition) is 1. The average Bonchev–Trinajstić information content (AvgIpc) is 2.39. The van der Waals surface area contributed by atoms with Crippen molar-refractivity contribution in [1.29, 1.82) is 0 Å². The number of aromatic nitrogens is 2. The Balaban J connectivity index is 2.42. The van der Waals surface area contributed by atoms with Gasteiger partial charge in [-0.2, -0.15) is 0 Å². The molecule has 0 bridgehead atoms. The van der Waals surface area contributed by atoms with Crippen molar-refractivity contribution >= 4 is 32.5 Å². The van der Waals surface area contributed by atoms with Gasteiger partial charge in [-0.3, -0.25) is 9.36 Å². The summed E-state index contributed by atoms with van der Waals surface area (Å²) in [6.07, 6.45) is 1.31. The van der Waals surface area contributed by atoms with E-state index < -0.39 is 10.0 Å². The van der Waals surface area contributed by atoms with Gasteiger partial charge in [-0.15, -0.1) is 0 Å². The van der Waals surface area contributed by atoms with Gasteiger partial charge in [0.15, 0.2) is 0 Å². The molecule has 0 unspecified atom stereocenters. The number of benzene rings is 1. The smallest absolute Gasteiger partial charge is 0.261 e. The molecule has 1 aromatic heterocycles. The van der Waals surface area contributed by atoms with Crippen LogP contribution < -0.4 is 10.3 Å². The first kappa shape index (κ1) is 14.0. The van der Waals surface area contributed by atoms with E-state index in [-0.39, 0.29) is 17.9 Å². The first-order valence-corrected chi connectivity index (χ1v) is 7.52. The molecule has 0 fully saturated rings. The van der Waals surface area contributed by atoms with Crippen LogP contribution in [0.1, 0.15) is 0 Å². The van der Waals surface area contributed by atoms with Crippen molar-refractivity contribution in [2.24, 2.45) is 0 Å². The monoisotopic (exact) mass is 301 g/mol. The summed E-state index contributed by atoms with van der Waals surface area (Å²) in [5.41, 5.74) is 0.112. The number of halogens is 1. The second kappa shape index (κ2) is 5.28. The molecule has 0 spiro atoms. The van der Waals surface area contributed by atoms with E-state index in [1.54, 1.807) is 18.2 Å². The Morgan fingerprint density at radius 2 is 2.16 bits per heavy atom. The molecule has 2 rings (SSSR count). The zero-order chi connectivity index (χ0) is 14.0. The van der Waals surface area contributed by atoms with E-state index in [0.717, 1.165) is 0 Å². The lowest BCUT2D eigenvalue weighted by atomic mass is 10.2. The van der Waals surface area contributed by atoms with Crippen LogP contribution in [0.2, 0.25) is 5.02 Å². The van der Waals surface area contributed by atoms with Crippen molar-refractivity contribution in [3.63, 3.8) is 0 Å². The van der Waals surface area contributed by atoms with Crippen LogP contribution in [-0.4, -0.2) is 30.8 Å². The topological polar surface area (TPSA) is 81.1 Å². The molecule has 6 nitrogen and oxygen atoms in total. The van der Waals surface area contributed by atoms with Gasteiger partial charge >= 0.3 is 0 Å². The van der Waals surface area contributed by atoms with E-state index in [0.29, 0.717) is 15.9 Å². The molecule has 0 aliphatic rings. The second-order valence-corrected chi connectivity index (χ2v) is 6.36. The molecule has 19 heavy (non-hydrogen) atoms. The number of nitrogens with one attached hydrogen (secondary N) is 1. The molecule has 0 radical (unpaired) electrons. The number of rotatable bonds is 4. The SMILES string of the molecule is CNS(=O)(=O)CCn1cnc2c(Cl)cccc2c1=O. The molecule has 8 heteroatoms. The second-order valence-electron chi connectivity index (χ2n) is 3.90. The van der Waals surface area contributed by atoms with Crippen LogP contribution in [0.25, 0.3) is 10.9 Å². The fourth-order valence-electron chi connectivity index (χ4n) is 1.63. The molecule has 0 aliphatic heterocycles. The number of sulfonamides is 1. The van der Waals surface area contributed by atoms with Gasteiger partial charge < -0.3 is 0 Å². The van der Waals surface area contributed by atoms with E-state index in [4.69, 9.17) is 11.6 Å². The molecule has 0 atom stereocenters. The van der Waals surface area contributed by atoms with Crippen molar-refractivity contribution in [3.05, 3.63) is 39.9 Å². The quantitative estimate of drug-likeness (QED) is 0.896. The molecule has 1 aromatic carbocycles. The lowest BCUT2D eigenvalue weighted by Gasteiger charge is -2.07. The maximum Gasteiger partial charge on any atom is 0.261 e. The van der Waals surface area contributed by atoms with Crippen molar-refractivity contribution in [1.82, 2.24) is 14.3 Å². The molecule has 0 saturated carbocycles. The van der Waals surface area contributed by atoms with Crippen molar-refractivity contribution < 1.29 is 8.42 Å². The molecule has 0 aliphatic carbocycles. The van der Waals surface area contributed by atoms with Crippen LogP contribution in [0.3, 0.4) is 0 Å². The molecular weight excluding hydrogens is 290 g/mol. The Bertz CT molecular complexity index is 770.